The molecule has 0 fully saturated rings. The van der Waals surface area contributed by atoms with Gasteiger partial charge < -0.3 is 0 Å². The van der Waals surface area contributed by atoms with Crippen molar-refractivity contribution < 1.29 is 17.5 Å². The molecule has 0 heterocycles. The molecule has 4 nitrogen and oxygen atoms in total. The normalized spacial score (nSPS) is 9.67. The summed E-state index contributed by atoms with van der Waals surface area (Å²) >= 11 is 0. The fraction of sp³-hybridized carbons (Fsp3) is 0. The van der Waals surface area contributed by atoms with E-state index in [1.54, 1.807) is 0 Å². The molecular weight excluding hydrogens is 124 g/mol. The van der Waals surface area contributed by atoms with Crippen molar-refractivity contribution >= 4 is 21.4 Å². The first-order chi connectivity index (χ1) is 2.00. The van der Waals surface area contributed by atoms with Crippen LogP contribution in [0.4, 0.5) is 0 Å². The molecule has 0 spiro atoms. The highest BCUT2D eigenvalue weighted by molar-refractivity contribution is 7.79. The van der Waals surface area contributed by atoms with Crippen LogP contribution in [0.5, 0.6) is 0 Å². The second-order valence-corrected chi connectivity index (χ2v) is 1.34. The Morgan fingerprint density at radius 2 is 1.17 bits per heavy atom. The first kappa shape index (κ1) is 9.43. The molecule has 0 unspecified atom stereocenters. The Hall–Kier alpha value is 0.0869. The fourth-order valence-electron chi connectivity index (χ4n) is 0. The van der Waals surface area contributed by atoms with Crippen LogP contribution < -0.4 is 0 Å². The summed E-state index contributed by atoms with van der Waals surface area (Å²) in [6.07, 6.45) is 0. The minimum atomic E-state index is -4.67. The molecule has 2 N–H and O–H groups in total. The first-order valence-electron chi connectivity index (χ1n) is 0.698. The van der Waals surface area contributed by atoms with Crippen molar-refractivity contribution in [2.24, 2.45) is 0 Å². The molecule has 0 aromatic carbocycles. The Morgan fingerprint density at radius 1 is 1.17 bits per heavy atom. The lowest BCUT2D eigenvalue weighted by molar-refractivity contribution is 0.381. The zero-order chi connectivity index (χ0) is 4.50. The summed E-state index contributed by atoms with van der Waals surface area (Å²) in [5, 5.41) is 0. The maximum absolute atomic E-state index is 8.74. The highest BCUT2D eigenvalue weighted by atomic mass is 32.3. The van der Waals surface area contributed by atoms with Crippen LogP contribution in [-0.2, 0) is 10.4 Å². The van der Waals surface area contributed by atoms with Gasteiger partial charge in [0.15, 0.2) is 0 Å². The molecule has 0 aromatic rings. The highest BCUT2D eigenvalue weighted by Crippen LogP contribution is 1.59. The molecule has 6 heavy (non-hydrogen) atoms. The number of hydrogen-bond acceptors (Lipinski definition) is 2. The van der Waals surface area contributed by atoms with Crippen molar-refractivity contribution in [1.29, 1.82) is 0 Å². The molecule has 0 aliphatic heterocycles. The van der Waals surface area contributed by atoms with E-state index in [0.717, 1.165) is 0 Å². The molecular formula is H2O4SSi. The van der Waals surface area contributed by atoms with Gasteiger partial charge in [0.05, 0.1) is 0 Å². The monoisotopic (exact) mass is 126 g/mol. The number of hydrogen-bond donors (Lipinski definition) is 2. The van der Waals surface area contributed by atoms with Crippen LogP contribution in [0.25, 0.3) is 0 Å². The van der Waals surface area contributed by atoms with Gasteiger partial charge >= 0.3 is 10.4 Å². The summed E-state index contributed by atoms with van der Waals surface area (Å²) in [4.78, 5) is 0. The van der Waals surface area contributed by atoms with Crippen molar-refractivity contribution in [2.45, 2.75) is 0 Å². The third-order valence-corrected chi connectivity index (χ3v) is 0. The Balaban J connectivity index is 0. The molecule has 0 amide bonds. The second kappa shape index (κ2) is 2.29. The Kier molecular flexibility index (Phi) is 3.60. The third-order valence-electron chi connectivity index (χ3n) is 0. The molecule has 0 rings (SSSR count). The zero-order valence-corrected chi connectivity index (χ0v) is 4.44. The van der Waals surface area contributed by atoms with Gasteiger partial charge in [0, 0.05) is 11.0 Å². The van der Waals surface area contributed by atoms with E-state index in [1.165, 1.54) is 0 Å². The van der Waals surface area contributed by atoms with Crippen LogP contribution in [0.15, 0.2) is 0 Å². The topological polar surface area (TPSA) is 74.6 Å². The van der Waals surface area contributed by atoms with Gasteiger partial charge in [-0.1, -0.05) is 0 Å². The summed E-state index contributed by atoms with van der Waals surface area (Å²) in [5.41, 5.74) is 0. The van der Waals surface area contributed by atoms with Gasteiger partial charge in [-0.25, -0.2) is 0 Å². The lowest BCUT2D eigenvalue weighted by Crippen LogP contribution is -1.89. The van der Waals surface area contributed by atoms with Gasteiger partial charge in [0.1, 0.15) is 0 Å². The van der Waals surface area contributed by atoms with Crippen LogP contribution >= 0.6 is 0 Å². The highest BCUT2D eigenvalue weighted by Gasteiger charge is 1.84. The minimum absolute atomic E-state index is 0. The molecule has 0 aliphatic carbocycles. The predicted molar refractivity (Wildman–Crippen MR) is 19.9 cm³/mol. The standard InChI is InChI=1S/H2O4S.Si/c1-5(2,3)4;/h(H2,1,2,3,4);. The van der Waals surface area contributed by atoms with E-state index in [-0.39, 0.29) is 11.0 Å². The van der Waals surface area contributed by atoms with Crippen molar-refractivity contribution in [3.8, 4) is 0 Å². The summed E-state index contributed by atoms with van der Waals surface area (Å²) in [6, 6.07) is 0. The van der Waals surface area contributed by atoms with E-state index in [0.29, 0.717) is 0 Å². The van der Waals surface area contributed by atoms with Gasteiger partial charge in [-0.2, -0.15) is 8.42 Å². The van der Waals surface area contributed by atoms with Gasteiger partial charge in [-0.15, -0.1) is 0 Å². The quantitative estimate of drug-likeness (QED) is 0.321. The fourth-order valence-corrected chi connectivity index (χ4v) is 0. The molecule has 0 aliphatic rings. The first-order valence-corrected chi connectivity index (χ1v) is 2.10. The van der Waals surface area contributed by atoms with Crippen molar-refractivity contribution in [1.82, 2.24) is 0 Å². The molecule has 0 aromatic heterocycles. The summed E-state index contributed by atoms with van der Waals surface area (Å²) in [6.45, 7) is 0. The van der Waals surface area contributed by atoms with Crippen molar-refractivity contribution in [3.63, 3.8) is 0 Å². The van der Waals surface area contributed by atoms with Crippen LogP contribution in [0.3, 0.4) is 0 Å². The molecule has 0 saturated heterocycles. The van der Waals surface area contributed by atoms with Crippen molar-refractivity contribution in [2.75, 3.05) is 0 Å². The summed E-state index contributed by atoms with van der Waals surface area (Å²) in [7, 11) is -4.67. The maximum atomic E-state index is 8.74. The van der Waals surface area contributed by atoms with E-state index < -0.39 is 10.4 Å². The minimum Gasteiger partial charge on any atom is -0.264 e. The molecule has 6 heteroatoms. The molecule has 0 saturated carbocycles. The second-order valence-electron chi connectivity index (χ2n) is 0.448. The lowest BCUT2D eigenvalue weighted by Gasteiger charge is -1.68. The molecule has 0 atom stereocenters. The van der Waals surface area contributed by atoms with Crippen LogP contribution in [0.2, 0.25) is 0 Å². The Bertz CT molecular complexity index is 90.7. The number of rotatable bonds is 0. The Labute approximate surface area is 39.8 Å². The smallest absolute Gasteiger partial charge is 0.264 e. The third kappa shape index (κ3) is 5160. The summed E-state index contributed by atoms with van der Waals surface area (Å²) < 4.78 is 31.6. The SMILES string of the molecule is O=S(=O)(O)O.[Si]. The maximum Gasteiger partial charge on any atom is 0.394 e. The van der Waals surface area contributed by atoms with Crippen molar-refractivity contribution in [3.05, 3.63) is 0 Å². The largest absolute Gasteiger partial charge is 0.394 e. The molecule has 0 bridgehead atoms. The molecule has 4 radical (unpaired) electrons. The van der Waals surface area contributed by atoms with Crippen LogP contribution in [0, 0.1) is 0 Å². The van der Waals surface area contributed by atoms with Gasteiger partial charge in [-0.3, -0.25) is 9.11 Å². The lowest BCUT2D eigenvalue weighted by atomic mass is 15.8. The van der Waals surface area contributed by atoms with Crippen LogP contribution in [-0.4, -0.2) is 28.5 Å². The van der Waals surface area contributed by atoms with Gasteiger partial charge in [0.25, 0.3) is 0 Å². The summed E-state index contributed by atoms with van der Waals surface area (Å²) in [5.74, 6) is 0. The predicted octanol–water partition coefficient (Wildman–Crippen LogP) is -1.03. The van der Waals surface area contributed by atoms with E-state index in [4.69, 9.17) is 17.5 Å². The molecule has 36 valence electrons. The van der Waals surface area contributed by atoms with Gasteiger partial charge in [-0.05, 0) is 0 Å². The van der Waals surface area contributed by atoms with Gasteiger partial charge in [0.2, 0.25) is 0 Å². The van der Waals surface area contributed by atoms with Crippen LogP contribution in [0.1, 0.15) is 0 Å². The Morgan fingerprint density at radius 3 is 1.17 bits per heavy atom. The van der Waals surface area contributed by atoms with E-state index in [9.17, 15) is 0 Å². The zero-order valence-electron chi connectivity index (χ0n) is 2.62. The van der Waals surface area contributed by atoms with E-state index in [1.807, 2.05) is 0 Å². The average molecular weight is 126 g/mol. The van der Waals surface area contributed by atoms with E-state index >= 15 is 0 Å². The average Bonchev–Trinajstić information content (AvgIpc) is 0.722. The van der Waals surface area contributed by atoms with E-state index in [2.05, 4.69) is 0 Å².